The van der Waals surface area contributed by atoms with Crippen LogP contribution in [0.2, 0.25) is 5.15 Å². The lowest BCUT2D eigenvalue weighted by atomic mass is 10.2. The molecule has 5 heteroatoms. The van der Waals surface area contributed by atoms with Crippen LogP contribution < -0.4 is 0 Å². The maximum Gasteiger partial charge on any atom is 0.155 e. The fourth-order valence-corrected chi connectivity index (χ4v) is 1.58. The Hall–Kier alpha value is -1.42. The van der Waals surface area contributed by atoms with Crippen LogP contribution in [0.3, 0.4) is 0 Å². The van der Waals surface area contributed by atoms with Gasteiger partial charge in [-0.25, -0.2) is 9.97 Å². The first-order valence-electron chi connectivity index (χ1n) is 4.57. The number of aryl methyl sites for hydroxylation is 3. The van der Waals surface area contributed by atoms with Gasteiger partial charge in [0.2, 0.25) is 0 Å². The van der Waals surface area contributed by atoms with Gasteiger partial charge in [-0.05, 0) is 13.8 Å². The molecule has 0 radical (unpaired) electrons. The molecule has 0 aliphatic heterocycles. The van der Waals surface area contributed by atoms with Gasteiger partial charge < -0.3 is 0 Å². The Morgan fingerprint density at radius 3 is 2.47 bits per heavy atom. The minimum absolute atomic E-state index is 0.422. The van der Waals surface area contributed by atoms with Crippen LogP contribution in [0, 0.1) is 13.8 Å². The first-order chi connectivity index (χ1) is 7.08. The fourth-order valence-electron chi connectivity index (χ4n) is 1.30. The highest BCUT2D eigenvalue weighted by molar-refractivity contribution is 6.31. The highest BCUT2D eigenvalue weighted by atomic mass is 35.5. The van der Waals surface area contributed by atoms with Crippen LogP contribution in [0.15, 0.2) is 12.4 Å². The van der Waals surface area contributed by atoms with Gasteiger partial charge >= 0.3 is 0 Å². The summed E-state index contributed by atoms with van der Waals surface area (Å²) in [4.78, 5) is 8.63. The number of rotatable bonds is 1. The first kappa shape index (κ1) is 10.1. The predicted molar refractivity (Wildman–Crippen MR) is 58.7 cm³/mol. The van der Waals surface area contributed by atoms with Gasteiger partial charge in [0.15, 0.2) is 5.15 Å². The summed E-state index contributed by atoms with van der Waals surface area (Å²) in [5.74, 6) is 0. The normalized spacial score (nSPS) is 10.7. The summed E-state index contributed by atoms with van der Waals surface area (Å²) in [6.07, 6.45) is 3.59. The lowest BCUT2D eigenvalue weighted by Gasteiger charge is -2.03. The van der Waals surface area contributed by atoms with E-state index in [-0.39, 0.29) is 0 Å². The van der Waals surface area contributed by atoms with Crippen molar-refractivity contribution in [3.63, 3.8) is 0 Å². The van der Waals surface area contributed by atoms with E-state index in [9.17, 15) is 0 Å². The summed E-state index contributed by atoms with van der Waals surface area (Å²) in [5, 5.41) is 4.50. The third-order valence-corrected chi connectivity index (χ3v) is 2.51. The number of hydrogen-bond acceptors (Lipinski definition) is 3. The Morgan fingerprint density at radius 2 is 1.87 bits per heavy atom. The molecular weight excluding hydrogens is 212 g/mol. The number of aromatic nitrogens is 4. The van der Waals surface area contributed by atoms with Crippen LogP contribution in [0.4, 0.5) is 0 Å². The molecule has 2 rings (SSSR count). The topological polar surface area (TPSA) is 43.6 Å². The fraction of sp³-hybridized carbons (Fsp3) is 0.300. The van der Waals surface area contributed by atoms with Crippen LogP contribution in [-0.4, -0.2) is 19.7 Å². The van der Waals surface area contributed by atoms with Gasteiger partial charge in [0.25, 0.3) is 0 Å². The van der Waals surface area contributed by atoms with Crippen molar-refractivity contribution in [1.82, 2.24) is 19.7 Å². The van der Waals surface area contributed by atoms with Crippen LogP contribution in [0.25, 0.3) is 11.3 Å². The van der Waals surface area contributed by atoms with Crippen molar-refractivity contribution in [3.05, 3.63) is 28.9 Å². The molecule has 0 aliphatic carbocycles. The molecule has 2 aromatic heterocycles. The second-order valence-electron chi connectivity index (χ2n) is 3.44. The maximum absolute atomic E-state index is 6.03. The van der Waals surface area contributed by atoms with Crippen LogP contribution in [0.5, 0.6) is 0 Å². The van der Waals surface area contributed by atoms with Gasteiger partial charge in [-0.3, -0.25) is 4.68 Å². The minimum atomic E-state index is 0.422. The Labute approximate surface area is 92.9 Å². The highest BCUT2D eigenvalue weighted by Crippen LogP contribution is 2.24. The minimum Gasteiger partial charge on any atom is -0.275 e. The number of nitrogens with zero attached hydrogens (tertiary/aromatic N) is 4. The summed E-state index contributed by atoms with van der Waals surface area (Å²) in [6.45, 7) is 3.81. The maximum atomic E-state index is 6.03. The third-order valence-electron chi connectivity index (χ3n) is 2.24. The molecular formula is C10H11ClN4. The van der Waals surface area contributed by atoms with Gasteiger partial charge in [-0.15, -0.1) is 0 Å². The molecule has 15 heavy (non-hydrogen) atoms. The number of halogens is 1. The molecule has 4 nitrogen and oxygen atoms in total. The Balaban J connectivity index is 2.58. The largest absolute Gasteiger partial charge is 0.275 e. The Kier molecular flexibility index (Phi) is 2.44. The van der Waals surface area contributed by atoms with Gasteiger partial charge in [-0.1, -0.05) is 11.6 Å². The molecule has 0 bridgehead atoms. The zero-order valence-electron chi connectivity index (χ0n) is 8.82. The molecule has 0 amide bonds. The van der Waals surface area contributed by atoms with Crippen LogP contribution in [0.1, 0.15) is 11.4 Å². The summed E-state index contributed by atoms with van der Waals surface area (Å²) < 4.78 is 1.71. The molecule has 0 fully saturated rings. The Morgan fingerprint density at radius 1 is 1.20 bits per heavy atom. The molecule has 2 heterocycles. The van der Waals surface area contributed by atoms with E-state index in [1.807, 2.05) is 27.1 Å². The molecule has 78 valence electrons. The van der Waals surface area contributed by atoms with Gasteiger partial charge in [0.1, 0.15) is 5.69 Å². The molecule has 0 saturated heterocycles. The SMILES string of the molecule is Cc1nc(Cl)c(-c2cnn(C)c2)nc1C. The molecule has 0 aliphatic rings. The van der Waals surface area contributed by atoms with Gasteiger partial charge in [0, 0.05) is 18.8 Å². The molecule has 0 N–H and O–H groups in total. The first-order valence-corrected chi connectivity index (χ1v) is 4.95. The average molecular weight is 223 g/mol. The summed E-state index contributed by atoms with van der Waals surface area (Å²) in [6, 6.07) is 0. The van der Waals surface area contributed by atoms with E-state index in [4.69, 9.17) is 11.6 Å². The second kappa shape index (κ2) is 3.62. The van der Waals surface area contributed by atoms with E-state index in [1.165, 1.54) is 0 Å². The Bertz CT molecular complexity index is 504. The quantitative estimate of drug-likeness (QED) is 0.743. The summed E-state index contributed by atoms with van der Waals surface area (Å²) in [5.41, 5.74) is 3.32. The molecule has 0 aromatic carbocycles. The van der Waals surface area contributed by atoms with E-state index in [1.54, 1.807) is 10.9 Å². The summed E-state index contributed by atoms with van der Waals surface area (Å²) >= 11 is 6.03. The van der Waals surface area contributed by atoms with Crippen molar-refractivity contribution in [2.75, 3.05) is 0 Å². The van der Waals surface area contributed by atoms with E-state index < -0.39 is 0 Å². The third kappa shape index (κ3) is 1.85. The molecule has 0 saturated carbocycles. The molecule has 2 aromatic rings. The van der Waals surface area contributed by atoms with Gasteiger partial charge in [0.05, 0.1) is 17.6 Å². The van der Waals surface area contributed by atoms with Crippen molar-refractivity contribution in [1.29, 1.82) is 0 Å². The standard InChI is InChI=1S/C10H11ClN4/c1-6-7(2)14-10(11)9(13-6)8-4-12-15(3)5-8/h4-5H,1-3H3. The van der Waals surface area contributed by atoms with E-state index in [2.05, 4.69) is 15.1 Å². The van der Waals surface area contributed by atoms with Gasteiger partial charge in [-0.2, -0.15) is 5.10 Å². The zero-order valence-corrected chi connectivity index (χ0v) is 9.58. The van der Waals surface area contributed by atoms with E-state index >= 15 is 0 Å². The highest BCUT2D eigenvalue weighted by Gasteiger charge is 2.10. The molecule has 0 spiro atoms. The lowest BCUT2D eigenvalue weighted by molar-refractivity contribution is 0.768. The molecule has 0 unspecified atom stereocenters. The van der Waals surface area contributed by atoms with Crippen LogP contribution >= 0.6 is 11.6 Å². The van der Waals surface area contributed by atoms with Crippen molar-refractivity contribution < 1.29 is 0 Å². The zero-order chi connectivity index (χ0) is 11.0. The second-order valence-corrected chi connectivity index (χ2v) is 3.79. The van der Waals surface area contributed by atoms with Crippen molar-refractivity contribution in [2.45, 2.75) is 13.8 Å². The smallest absolute Gasteiger partial charge is 0.155 e. The summed E-state index contributed by atoms with van der Waals surface area (Å²) in [7, 11) is 1.85. The van der Waals surface area contributed by atoms with Crippen LogP contribution in [-0.2, 0) is 7.05 Å². The van der Waals surface area contributed by atoms with E-state index in [0.717, 1.165) is 17.0 Å². The van der Waals surface area contributed by atoms with Crippen molar-refractivity contribution >= 4 is 11.6 Å². The van der Waals surface area contributed by atoms with Crippen molar-refractivity contribution in [3.8, 4) is 11.3 Å². The average Bonchev–Trinajstić information content (AvgIpc) is 2.58. The molecule has 0 atom stereocenters. The lowest BCUT2D eigenvalue weighted by Crippen LogP contribution is -1.95. The number of hydrogen-bond donors (Lipinski definition) is 0. The predicted octanol–water partition coefficient (Wildman–Crippen LogP) is 2.15. The monoisotopic (exact) mass is 222 g/mol. The van der Waals surface area contributed by atoms with Crippen molar-refractivity contribution in [2.24, 2.45) is 7.05 Å². The van der Waals surface area contributed by atoms with E-state index in [0.29, 0.717) is 10.8 Å².